The van der Waals surface area contributed by atoms with Crippen molar-refractivity contribution in [3.8, 4) is 17.0 Å². The normalized spacial score (nSPS) is 20.6. The Morgan fingerprint density at radius 2 is 2.04 bits per heavy atom. The molecule has 6 heteroatoms. The summed E-state index contributed by atoms with van der Waals surface area (Å²) in [6.07, 6.45) is 4.64. The van der Waals surface area contributed by atoms with Crippen molar-refractivity contribution in [3.63, 3.8) is 0 Å². The molecule has 1 atom stereocenters. The molecule has 0 bridgehead atoms. The molecule has 6 nitrogen and oxygen atoms in total. The van der Waals surface area contributed by atoms with Crippen molar-refractivity contribution in [3.05, 3.63) is 35.4 Å². The molecule has 1 saturated heterocycles. The van der Waals surface area contributed by atoms with Gasteiger partial charge < -0.3 is 15.5 Å². The molecule has 1 unspecified atom stereocenters. The number of rotatable bonds is 6. The van der Waals surface area contributed by atoms with Crippen molar-refractivity contribution < 1.29 is 10.2 Å². The van der Waals surface area contributed by atoms with Crippen LogP contribution in [-0.2, 0) is 0 Å². The molecule has 1 aliphatic carbocycles. The second-order valence-corrected chi connectivity index (χ2v) is 7.82. The van der Waals surface area contributed by atoms with Gasteiger partial charge in [-0.1, -0.05) is 6.07 Å². The van der Waals surface area contributed by atoms with Crippen LogP contribution < -0.4 is 5.32 Å². The van der Waals surface area contributed by atoms with Gasteiger partial charge in [-0.3, -0.25) is 4.90 Å². The second-order valence-electron chi connectivity index (χ2n) is 7.82. The molecule has 4 rings (SSSR count). The Hall–Kier alpha value is -2.18. The number of nitrogens with zero attached hydrogens (tertiary/aromatic N) is 3. The highest BCUT2D eigenvalue weighted by molar-refractivity contribution is 5.70. The van der Waals surface area contributed by atoms with E-state index in [-0.39, 0.29) is 12.4 Å². The third kappa shape index (κ3) is 4.22. The molecule has 1 aromatic heterocycles. The van der Waals surface area contributed by atoms with Gasteiger partial charge in [0, 0.05) is 24.7 Å². The minimum absolute atomic E-state index is 0.198. The van der Waals surface area contributed by atoms with E-state index in [1.54, 1.807) is 0 Å². The minimum Gasteiger partial charge on any atom is -0.507 e. The fourth-order valence-electron chi connectivity index (χ4n) is 3.97. The van der Waals surface area contributed by atoms with E-state index in [9.17, 15) is 5.11 Å². The van der Waals surface area contributed by atoms with Gasteiger partial charge in [-0.25, -0.2) is 0 Å². The summed E-state index contributed by atoms with van der Waals surface area (Å²) in [6.45, 7) is 4.87. The number of aryl methyl sites for hydroxylation is 1. The highest BCUT2D eigenvalue weighted by Gasteiger charge is 2.25. The van der Waals surface area contributed by atoms with Crippen LogP contribution in [0.25, 0.3) is 11.3 Å². The van der Waals surface area contributed by atoms with Gasteiger partial charge in [0.15, 0.2) is 0 Å². The van der Waals surface area contributed by atoms with Crippen LogP contribution in [0.3, 0.4) is 0 Å². The van der Waals surface area contributed by atoms with Gasteiger partial charge in [0.25, 0.3) is 0 Å². The lowest BCUT2D eigenvalue weighted by atomic mass is 10.0. The van der Waals surface area contributed by atoms with E-state index in [1.807, 2.05) is 25.1 Å². The molecule has 0 amide bonds. The molecule has 2 heterocycles. The lowest BCUT2D eigenvalue weighted by molar-refractivity contribution is 0.166. The Kier molecular flexibility index (Phi) is 5.27. The molecule has 27 heavy (non-hydrogen) atoms. The molecule has 1 saturated carbocycles. The van der Waals surface area contributed by atoms with Crippen molar-refractivity contribution in [2.75, 3.05) is 31.6 Å². The van der Waals surface area contributed by atoms with Crippen LogP contribution in [-0.4, -0.2) is 57.6 Å². The van der Waals surface area contributed by atoms with E-state index >= 15 is 0 Å². The Balaban J connectivity index is 1.48. The smallest absolute Gasteiger partial charge is 0.149 e. The fourth-order valence-corrected chi connectivity index (χ4v) is 3.97. The standard InChI is InChI=1S/C21H28N4O2/c1-14-11-20(22-17-3-2-8-25(13-17)9-10-26)23-24-21(14)18-7-6-16(12-19(18)27)15-4-5-15/h6-7,11-12,15,17,26-27H,2-5,8-10,13H2,1H3,(H,22,23). The first-order valence-corrected chi connectivity index (χ1v) is 9.91. The molecule has 0 spiro atoms. The number of nitrogens with one attached hydrogen (secondary N) is 1. The van der Waals surface area contributed by atoms with Crippen molar-refractivity contribution >= 4 is 5.82 Å². The largest absolute Gasteiger partial charge is 0.507 e. The molecular formula is C21H28N4O2. The summed E-state index contributed by atoms with van der Waals surface area (Å²) in [5, 5.41) is 31.8. The third-order valence-electron chi connectivity index (χ3n) is 5.58. The number of likely N-dealkylation sites (tertiary alicyclic amines) is 1. The zero-order valence-corrected chi connectivity index (χ0v) is 15.9. The van der Waals surface area contributed by atoms with Crippen LogP contribution in [0, 0.1) is 6.92 Å². The summed E-state index contributed by atoms with van der Waals surface area (Å²) in [7, 11) is 0. The average molecular weight is 368 g/mol. The SMILES string of the molecule is Cc1cc(NC2CCCN(CCO)C2)nnc1-c1ccc(C2CC2)cc1O. The number of phenolic OH excluding ortho intramolecular Hbond substituents is 1. The summed E-state index contributed by atoms with van der Waals surface area (Å²) in [5.41, 5.74) is 3.67. The Morgan fingerprint density at radius 1 is 1.19 bits per heavy atom. The monoisotopic (exact) mass is 368 g/mol. The molecular weight excluding hydrogens is 340 g/mol. The fraction of sp³-hybridized carbons (Fsp3) is 0.524. The van der Waals surface area contributed by atoms with Crippen molar-refractivity contribution in [2.24, 2.45) is 0 Å². The molecule has 144 valence electrons. The lowest BCUT2D eigenvalue weighted by Gasteiger charge is -2.32. The minimum atomic E-state index is 0.198. The highest BCUT2D eigenvalue weighted by Crippen LogP contribution is 2.42. The first-order valence-electron chi connectivity index (χ1n) is 9.91. The number of aliphatic hydroxyl groups is 1. The number of β-amino-alcohol motifs (C(OH)–C–C–N with tert-alkyl or cyclic N) is 1. The number of anilines is 1. The quantitative estimate of drug-likeness (QED) is 0.727. The number of benzene rings is 1. The van der Waals surface area contributed by atoms with Crippen LogP contribution in [0.15, 0.2) is 24.3 Å². The topological polar surface area (TPSA) is 81.5 Å². The number of aromatic hydroxyl groups is 1. The van der Waals surface area contributed by atoms with Gasteiger partial charge in [-0.2, -0.15) is 0 Å². The average Bonchev–Trinajstić information content (AvgIpc) is 3.48. The molecule has 2 fully saturated rings. The van der Waals surface area contributed by atoms with Crippen LogP contribution in [0.5, 0.6) is 5.75 Å². The molecule has 0 radical (unpaired) electrons. The summed E-state index contributed by atoms with van der Waals surface area (Å²) >= 11 is 0. The van der Waals surface area contributed by atoms with E-state index in [0.29, 0.717) is 12.0 Å². The molecule has 1 aliphatic heterocycles. The zero-order chi connectivity index (χ0) is 18.8. The van der Waals surface area contributed by atoms with Crippen molar-refractivity contribution in [1.82, 2.24) is 15.1 Å². The van der Waals surface area contributed by atoms with Gasteiger partial charge in [-0.05, 0) is 74.4 Å². The van der Waals surface area contributed by atoms with E-state index in [2.05, 4.69) is 26.5 Å². The third-order valence-corrected chi connectivity index (χ3v) is 5.58. The Morgan fingerprint density at radius 3 is 2.74 bits per heavy atom. The molecule has 1 aromatic carbocycles. The van der Waals surface area contributed by atoms with Gasteiger partial charge in [-0.15, -0.1) is 10.2 Å². The highest BCUT2D eigenvalue weighted by atomic mass is 16.3. The maximum Gasteiger partial charge on any atom is 0.149 e. The first kappa shape index (κ1) is 18.2. The lowest BCUT2D eigenvalue weighted by Crippen LogP contribution is -2.43. The van der Waals surface area contributed by atoms with E-state index in [0.717, 1.165) is 55.1 Å². The number of hydrogen-bond donors (Lipinski definition) is 3. The predicted octanol–water partition coefficient (Wildman–Crippen LogP) is 2.90. The first-order chi connectivity index (χ1) is 13.1. The van der Waals surface area contributed by atoms with E-state index in [4.69, 9.17) is 5.11 Å². The summed E-state index contributed by atoms with van der Waals surface area (Å²) in [5.74, 6) is 1.66. The Bertz CT molecular complexity index is 805. The number of hydrogen-bond acceptors (Lipinski definition) is 6. The van der Waals surface area contributed by atoms with E-state index in [1.165, 1.54) is 18.4 Å². The van der Waals surface area contributed by atoms with Gasteiger partial charge in [0.2, 0.25) is 0 Å². The van der Waals surface area contributed by atoms with Crippen molar-refractivity contribution in [2.45, 2.75) is 44.6 Å². The Labute approximate surface area is 160 Å². The number of piperidine rings is 1. The second kappa shape index (κ2) is 7.82. The van der Waals surface area contributed by atoms with Gasteiger partial charge in [0.1, 0.15) is 11.6 Å². The zero-order valence-electron chi connectivity index (χ0n) is 15.9. The molecule has 2 aromatic rings. The molecule has 2 aliphatic rings. The summed E-state index contributed by atoms with van der Waals surface area (Å²) in [6, 6.07) is 8.24. The van der Waals surface area contributed by atoms with Crippen LogP contribution in [0.1, 0.15) is 42.7 Å². The van der Waals surface area contributed by atoms with Crippen LogP contribution in [0.2, 0.25) is 0 Å². The van der Waals surface area contributed by atoms with Gasteiger partial charge in [0.05, 0.1) is 12.3 Å². The van der Waals surface area contributed by atoms with Crippen molar-refractivity contribution in [1.29, 1.82) is 0 Å². The number of aliphatic hydroxyl groups excluding tert-OH is 1. The molecule has 3 N–H and O–H groups in total. The summed E-state index contributed by atoms with van der Waals surface area (Å²) < 4.78 is 0. The van der Waals surface area contributed by atoms with Crippen LogP contribution in [0.4, 0.5) is 5.82 Å². The van der Waals surface area contributed by atoms with Crippen LogP contribution >= 0.6 is 0 Å². The maximum absolute atomic E-state index is 10.4. The van der Waals surface area contributed by atoms with Gasteiger partial charge >= 0.3 is 0 Å². The number of aromatic nitrogens is 2. The number of phenols is 1. The maximum atomic E-state index is 10.4. The summed E-state index contributed by atoms with van der Waals surface area (Å²) in [4.78, 5) is 2.27. The van der Waals surface area contributed by atoms with E-state index < -0.39 is 0 Å². The predicted molar refractivity (Wildman–Crippen MR) is 106 cm³/mol.